The summed E-state index contributed by atoms with van der Waals surface area (Å²) in [5.74, 6) is -0.260. The van der Waals surface area contributed by atoms with Gasteiger partial charge in [0.2, 0.25) is 0 Å². The van der Waals surface area contributed by atoms with Gasteiger partial charge in [0.15, 0.2) is 5.78 Å². The number of carbonyl (C=O) groups excluding carboxylic acids is 1. The predicted octanol–water partition coefficient (Wildman–Crippen LogP) is 4.40. The maximum Gasteiger partial charge on any atom is 0.261 e. The SMILES string of the molecule is Cc1ccc(S(=O)(=O)Nc2ccc(O)c([C@]3(C)C(=O)C=Cc4ccccc43)c2)cc1. The van der Waals surface area contributed by atoms with E-state index in [1.807, 2.05) is 31.2 Å². The highest BCUT2D eigenvalue weighted by Crippen LogP contribution is 2.43. The van der Waals surface area contributed by atoms with Crippen molar-refractivity contribution in [1.82, 2.24) is 0 Å². The molecular formula is C24H21NO4S. The molecule has 0 aromatic heterocycles. The van der Waals surface area contributed by atoms with Gasteiger partial charge in [0, 0.05) is 11.3 Å². The fourth-order valence-electron chi connectivity index (χ4n) is 3.77. The molecule has 30 heavy (non-hydrogen) atoms. The molecule has 1 aliphatic rings. The van der Waals surface area contributed by atoms with Crippen molar-refractivity contribution in [1.29, 1.82) is 0 Å². The van der Waals surface area contributed by atoms with E-state index in [0.717, 1.165) is 16.7 Å². The number of aromatic hydroxyl groups is 1. The number of hydrogen-bond acceptors (Lipinski definition) is 4. The second kappa shape index (κ2) is 7.15. The number of allylic oxidation sites excluding steroid dienone is 1. The lowest BCUT2D eigenvalue weighted by Gasteiger charge is -2.33. The highest BCUT2D eigenvalue weighted by atomic mass is 32.2. The van der Waals surface area contributed by atoms with Crippen LogP contribution in [0.15, 0.2) is 77.7 Å². The van der Waals surface area contributed by atoms with Crippen molar-refractivity contribution < 1.29 is 18.3 Å². The average molecular weight is 420 g/mol. The monoisotopic (exact) mass is 419 g/mol. The zero-order valence-electron chi connectivity index (χ0n) is 16.6. The molecule has 1 aliphatic carbocycles. The van der Waals surface area contributed by atoms with Crippen LogP contribution < -0.4 is 4.72 Å². The van der Waals surface area contributed by atoms with Crippen LogP contribution in [0.25, 0.3) is 6.08 Å². The van der Waals surface area contributed by atoms with Gasteiger partial charge in [-0.1, -0.05) is 48.0 Å². The maximum absolute atomic E-state index is 12.9. The number of ketones is 1. The van der Waals surface area contributed by atoms with E-state index in [-0.39, 0.29) is 22.1 Å². The van der Waals surface area contributed by atoms with Crippen molar-refractivity contribution in [3.8, 4) is 5.75 Å². The molecule has 0 spiro atoms. The molecule has 0 heterocycles. The minimum atomic E-state index is -3.81. The molecule has 0 fully saturated rings. The zero-order chi connectivity index (χ0) is 21.5. The van der Waals surface area contributed by atoms with Gasteiger partial charge < -0.3 is 5.11 Å². The van der Waals surface area contributed by atoms with Gasteiger partial charge in [-0.2, -0.15) is 0 Å². The molecule has 2 N–H and O–H groups in total. The van der Waals surface area contributed by atoms with Crippen molar-refractivity contribution in [2.24, 2.45) is 0 Å². The van der Waals surface area contributed by atoms with Gasteiger partial charge in [-0.15, -0.1) is 0 Å². The normalized spacial score (nSPS) is 18.1. The van der Waals surface area contributed by atoms with E-state index in [4.69, 9.17) is 0 Å². The molecular weight excluding hydrogens is 398 g/mol. The fourth-order valence-corrected chi connectivity index (χ4v) is 4.82. The van der Waals surface area contributed by atoms with Crippen LogP contribution in [0.2, 0.25) is 0 Å². The van der Waals surface area contributed by atoms with Gasteiger partial charge in [-0.05, 0) is 61.4 Å². The van der Waals surface area contributed by atoms with E-state index in [1.54, 1.807) is 25.1 Å². The maximum atomic E-state index is 12.9. The van der Waals surface area contributed by atoms with Crippen molar-refractivity contribution in [3.63, 3.8) is 0 Å². The third-order valence-electron chi connectivity index (χ3n) is 5.53. The minimum absolute atomic E-state index is 0.0748. The Labute approximate surface area is 175 Å². The third kappa shape index (κ3) is 3.29. The number of aryl methyl sites for hydroxylation is 1. The zero-order valence-corrected chi connectivity index (χ0v) is 17.4. The molecule has 3 aromatic carbocycles. The molecule has 0 unspecified atom stereocenters. The first-order valence-electron chi connectivity index (χ1n) is 9.47. The molecule has 0 radical (unpaired) electrons. The number of anilines is 1. The number of phenolic OH excluding ortho intramolecular Hbond substituents is 1. The molecule has 5 nitrogen and oxygen atoms in total. The Kier molecular flexibility index (Phi) is 4.74. The molecule has 4 rings (SSSR count). The summed E-state index contributed by atoms with van der Waals surface area (Å²) in [6.45, 7) is 3.62. The van der Waals surface area contributed by atoms with E-state index in [1.165, 1.54) is 36.4 Å². The van der Waals surface area contributed by atoms with Crippen LogP contribution in [0.5, 0.6) is 5.75 Å². The Morgan fingerprint density at radius 3 is 2.33 bits per heavy atom. The topological polar surface area (TPSA) is 83.5 Å². The van der Waals surface area contributed by atoms with Crippen molar-refractivity contribution in [2.45, 2.75) is 24.2 Å². The largest absolute Gasteiger partial charge is 0.508 e. The van der Waals surface area contributed by atoms with Gasteiger partial charge >= 0.3 is 0 Å². The summed E-state index contributed by atoms with van der Waals surface area (Å²) in [5, 5.41) is 10.6. The highest BCUT2D eigenvalue weighted by Gasteiger charge is 2.41. The summed E-state index contributed by atoms with van der Waals surface area (Å²) in [7, 11) is -3.81. The summed E-state index contributed by atoms with van der Waals surface area (Å²) in [6, 6.07) is 18.4. The standard InChI is InChI=1S/C24H21NO4S/c1-16-7-11-19(12-8-16)30(28,29)25-18-10-13-22(26)21(15-18)24(2)20-6-4-3-5-17(20)9-14-23(24)27/h3-15,25-26H,1-2H3/t24-/m1/s1. The molecule has 1 atom stereocenters. The fraction of sp³-hybridized carbons (Fsp3) is 0.125. The number of hydrogen-bond donors (Lipinski definition) is 2. The number of phenols is 1. The second-order valence-electron chi connectivity index (χ2n) is 7.56. The van der Waals surface area contributed by atoms with Crippen LogP contribution in [0.3, 0.4) is 0 Å². The third-order valence-corrected chi connectivity index (χ3v) is 6.92. The molecule has 0 bridgehead atoms. The first-order chi connectivity index (χ1) is 14.2. The molecule has 0 saturated heterocycles. The Morgan fingerprint density at radius 2 is 1.60 bits per heavy atom. The van der Waals surface area contributed by atoms with E-state index in [9.17, 15) is 18.3 Å². The van der Waals surface area contributed by atoms with E-state index < -0.39 is 15.4 Å². The highest BCUT2D eigenvalue weighted by molar-refractivity contribution is 7.92. The van der Waals surface area contributed by atoms with Gasteiger partial charge in [-0.25, -0.2) is 8.42 Å². The summed E-state index contributed by atoms with van der Waals surface area (Å²) in [4.78, 5) is 13.1. The molecule has 152 valence electrons. The number of benzene rings is 3. The first kappa shape index (κ1) is 19.9. The molecule has 0 aliphatic heterocycles. The summed E-state index contributed by atoms with van der Waals surface area (Å²) in [5.41, 5.74) is 2.06. The Balaban J connectivity index is 1.79. The summed E-state index contributed by atoms with van der Waals surface area (Å²) >= 11 is 0. The lowest BCUT2D eigenvalue weighted by molar-refractivity contribution is -0.118. The average Bonchev–Trinajstić information content (AvgIpc) is 2.72. The summed E-state index contributed by atoms with van der Waals surface area (Å²) < 4.78 is 28.1. The van der Waals surface area contributed by atoms with Gasteiger partial charge in [0.05, 0.1) is 10.3 Å². The van der Waals surface area contributed by atoms with Crippen LogP contribution in [-0.4, -0.2) is 19.3 Å². The van der Waals surface area contributed by atoms with Gasteiger partial charge in [0.1, 0.15) is 5.75 Å². The van der Waals surface area contributed by atoms with Gasteiger partial charge in [-0.3, -0.25) is 9.52 Å². The number of nitrogens with one attached hydrogen (secondary N) is 1. The van der Waals surface area contributed by atoms with Crippen molar-refractivity contribution in [2.75, 3.05) is 4.72 Å². The predicted molar refractivity (Wildman–Crippen MR) is 117 cm³/mol. The molecule has 0 saturated carbocycles. The number of carbonyl (C=O) groups is 1. The van der Waals surface area contributed by atoms with E-state index in [0.29, 0.717) is 5.56 Å². The summed E-state index contributed by atoms with van der Waals surface area (Å²) in [6.07, 6.45) is 3.24. The van der Waals surface area contributed by atoms with Gasteiger partial charge in [0.25, 0.3) is 10.0 Å². The molecule has 6 heteroatoms. The lowest BCUT2D eigenvalue weighted by atomic mass is 9.68. The van der Waals surface area contributed by atoms with Crippen LogP contribution in [0.4, 0.5) is 5.69 Å². The first-order valence-corrected chi connectivity index (χ1v) is 10.9. The van der Waals surface area contributed by atoms with Crippen molar-refractivity contribution >= 4 is 27.6 Å². The minimum Gasteiger partial charge on any atom is -0.508 e. The lowest BCUT2D eigenvalue weighted by Crippen LogP contribution is -2.35. The number of fused-ring (bicyclic) bond motifs is 1. The second-order valence-corrected chi connectivity index (χ2v) is 9.24. The van der Waals surface area contributed by atoms with Crippen LogP contribution in [-0.2, 0) is 20.2 Å². The molecule has 0 amide bonds. The van der Waals surface area contributed by atoms with Crippen LogP contribution in [0.1, 0.15) is 29.2 Å². The quantitative estimate of drug-likeness (QED) is 0.614. The smallest absolute Gasteiger partial charge is 0.261 e. The number of rotatable bonds is 4. The van der Waals surface area contributed by atoms with Crippen LogP contribution >= 0.6 is 0 Å². The van der Waals surface area contributed by atoms with Crippen molar-refractivity contribution in [3.05, 3.63) is 95.1 Å². The van der Waals surface area contributed by atoms with E-state index >= 15 is 0 Å². The van der Waals surface area contributed by atoms with Crippen LogP contribution in [0, 0.1) is 6.92 Å². The number of sulfonamides is 1. The Hall–Kier alpha value is -3.38. The Bertz CT molecular complexity index is 1280. The molecule has 3 aromatic rings. The van der Waals surface area contributed by atoms with E-state index in [2.05, 4.69) is 4.72 Å². The Morgan fingerprint density at radius 1 is 0.900 bits per heavy atom.